The number of carboxylic acid groups (broad SMARTS) is 1. The zero-order valence-electron chi connectivity index (χ0n) is 19.2. The quantitative estimate of drug-likeness (QED) is 0.392. The van der Waals surface area contributed by atoms with Crippen LogP contribution in [0.1, 0.15) is 38.1 Å². The smallest absolute Gasteiger partial charge is 0.322 e. The first-order valence-electron chi connectivity index (χ1n) is 10.3. The van der Waals surface area contributed by atoms with Crippen molar-refractivity contribution in [2.75, 3.05) is 12.3 Å². The van der Waals surface area contributed by atoms with E-state index in [4.69, 9.17) is 20.3 Å². The summed E-state index contributed by atoms with van der Waals surface area (Å²) in [6, 6.07) is 6.56. The van der Waals surface area contributed by atoms with Crippen LogP contribution in [-0.4, -0.2) is 55.2 Å². The Morgan fingerprint density at radius 3 is 2.26 bits per heavy atom. The first-order valence-corrected chi connectivity index (χ1v) is 10.3. The Bertz CT molecular complexity index is 1210. The average molecular weight is 473 g/mol. The number of nitrogens with two attached hydrogens (primary N) is 1. The molecule has 0 atom stereocenters. The highest BCUT2D eigenvalue weighted by molar-refractivity contribution is 5.97. The lowest BCUT2D eigenvalue weighted by atomic mass is 10.2. The Labute approximate surface area is 195 Å². The lowest BCUT2D eigenvalue weighted by Gasteiger charge is -2.12. The summed E-state index contributed by atoms with van der Waals surface area (Å²) in [5, 5.41) is 20.7. The fourth-order valence-electron chi connectivity index (χ4n) is 2.63. The number of rotatable bonds is 7. The summed E-state index contributed by atoms with van der Waals surface area (Å²) in [7, 11) is 0. The lowest BCUT2D eigenvalue weighted by molar-refractivity contribution is -0.135. The van der Waals surface area contributed by atoms with Crippen LogP contribution in [0, 0.1) is 0 Å². The second kappa shape index (κ2) is 11.5. The first kappa shape index (κ1) is 25.9. The van der Waals surface area contributed by atoms with E-state index in [2.05, 4.69) is 9.97 Å². The number of fused-ring (bicyclic) bond motifs is 1. The van der Waals surface area contributed by atoms with Gasteiger partial charge in [0.1, 0.15) is 29.5 Å². The number of ether oxygens (including phenoxy) is 2. The van der Waals surface area contributed by atoms with Gasteiger partial charge in [-0.15, -0.1) is 0 Å². The summed E-state index contributed by atoms with van der Waals surface area (Å²) in [5.41, 5.74) is 3.92. The third kappa shape index (κ3) is 7.36. The van der Waals surface area contributed by atoms with E-state index < -0.39 is 35.4 Å². The molecule has 0 radical (unpaired) electrons. The number of aliphatic carboxylic acids is 1. The van der Waals surface area contributed by atoms with Crippen molar-refractivity contribution in [2.45, 2.75) is 39.9 Å². The molecule has 0 spiro atoms. The average Bonchev–Trinajstić information content (AvgIpc) is 2.74. The molecule has 0 aliphatic heterocycles. The van der Waals surface area contributed by atoms with E-state index in [1.54, 1.807) is 18.3 Å². The monoisotopic (exact) mass is 473 g/mol. The second-order valence-corrected chi connectivity index (χ2v) is 7.54. The molecule has 0 aliphatic carbocycles. The van der Waals surface area contributed by atoms with Crippen molar-refractivity contribution in [3.05, 3.63) is 52.6 Å². The van der Waals surface area contributed by atoms with Crippen molar-refractivity contribution in [1.82, 2.24) is 19.7 Å². The normalized spacial score (nSPS) is 10.5. The molecule has 3 heterocycles. The predicted molar refractivity (Wildman–Crippen MR) is 123 cm³/mol. The molecular formula is C22H27N5O7. The largest absolute Gasteiger partial charge is 0.493 e. The number of nitrogens with zero attached hydrogens (tertiary/aromatic N) is 3. The Balaban J connectivity index is 0.000000310. The van der Waals surface area contributed by atoms with Gasteiger partial charge >= 0.3 is 5.97 Å². The number of carboxylic acids is 1. The molecule has 182 valence electrons. The molecule has 12 heteroatoms. The van der Waals surface area contributed by atoms with Crippen molar-refractivity contribution >= 4 is 23.3 Å². The van der Waals surface area contributed by atoms with Gasteiger partial charge in [-0.05, 0) is 52.0 Å². The number of amides is 1. The number of carbonyl (C=O) groups is 2. The van der Waals surface area contributed by atoms with Crippen LogP contribution in [0.25, 0.3) is 5.65 Å². The van der Waals surface area contributed by atoms with Gasteiger partial charge in [-0.2, -0.15) is 4.98 Å². The summed E-state index contributed by atoms with van der Waals surface area (Å²) in [6.07, 6.45) is 3.07. The standard InChI is InChI=1S/C14H15N3O6.C8H12N2O/c1-7(2)23-8-3-4-9-16-13(21)11(14(22)17(9)6-8)12(20)15-5-10(18)19;1-6(2)11-7-3-4-8(9)10-5-7/h3-4,6-7,22H,5H2,1-2H3,(H,15,20)(H,18,19);3-6H,1-2H3,(H2,9,10). The minimum atomic E-state index is -1.28. The molecule has 34 heavy (non-hydrogen) atoms. The summed E-state index contributed by atoms with van der Waals surface area (Å²) in [6.45, 7) is 6.89. The van der Waals surface area contributed by atoms with Crippen LogP contribution in [0.15, 0.2) is 41.5 Å². The van der Waals surface area contributed by atoms with Gasteiger partial charge in [0.15, 0.2) is 5.56 Å². The molecule has 3 aromatic heterocycles. The molecule has 0 saturated heterocycles. The van der Waals surface area contributed by atoms with Gasteiger partial charge in [0.05, 0.1) is 24.6 Å². The molecule has 0 bridgehead atoms. The highest BCUT2D eigenvalue weighted by Gasteiger charge is 2.20. The van der Waals surface area contributed by atoms with Crippen molar-refractivity contribution in [3.63, 3.8) is 0 Å². The predicted octanol–water partition coefficient (Wildman–Crippen LogP) is 1.45. The molecule has 0 fully saturated rings. The Kier molecular flexibility index (Phi) is 8.76. The van der Waals surface area contributed by atoms with Gasteiger partial charge in [-0.25, -0.2) is 4.98 Å². The maximum absolute atomic E-state index is 11.9. The molecule has 3 aromatic rings. The Hall–Kier alpha value is -4.35. The summed E-state index contributed by atoms with van der Waals surface area (Å²) in [4.78, 5) is 41.8. The number of nitrogens with one attached hydrogen (secondary N) is 1. The van der Waals surface area contributed by atoms with Crippen LogP contribution in [0.5, 0.6) is 17.4 Å². The summed E-state index contributed by atoms with van der Waals surface area (Å²) >= 11 is 0. The third-order valence-electron chi connectivity index (χ3n) is 3.91. The van der Waals surface area contributed by atoms with E-state index >= 15 is 0 Å². The number of aromatic hydroxyl groups is 1. The molecular weight excluding hydrogens is 446 g/mol. The van der Waals surface area contributed by atoms with Crippen molar-refractivity contribution in [2.24, 2.45) is 0 Å². The van der Waals surface area contributed by atoms with E-state index in [0.717, 1.165) is 10.2 Å². The lowest BCUT2D eigenvalue weighted by Crippen LogP contribution is -2.34. The summed E-state index contributed by atoms with van der Waals surface area (Å²) in [5.74, 6) is -1.26. The van der Waals surface area contributed by atoms with E-state index in [1.165, 1.54) is 12.3 Å². The van der Waals surface area contributed by atoms with Crippen LogP contribution in [0.2, 0.25) is 0 Å². The van der Waals surface area contributed by atoms with Gasteiger partial charge in [0, 0.05) is 0 Å². The zero-order valence-corrected chi connectivity index (χ0v) is 19.2. The van der Waals surface area contributed by atoms with Crippen molar-refractivity contribution < 1.29 is 29.3 Å². The Morgan fingerprint density at radius 2 is 1.71 bits per heavy atom. The molecule has 0 saturated carbocycles. The maximum atomic E-state index is 11.9. The van der Waals surface area contributed by atoms with Crippen molar-refractivity contribution in [3.8, 4) is 17.4 Å². The highest BCUT2D eigenvalue weighted by atomic mass is 16.5. The van der Waals surface area contributed by atoms with Crippen LogP contribution in [0.4, 0.5) is 5.82 Å². The van der Waals surface area contributed by atoms with Gasteiger partial charge in [0.2, 0.25) is 5.88 Å². The fraction of sp³-hybridized carbons (Fsp3) is 0.318. The third-order valence-corrected chi connectivity index (χ3v) is 3.91. The van der Waals surface area contributed by atoms with Crippen LogP contribution in [0.3, 0.4) is 0 Å². The summed E-state index contributed by atoms with van der Waals surface area (Å²) < 4.78 is 11.9. The molecule has 1 amide bonds. The molecule has 0 unspecified atom stereocenters. The van der Waals surface area contributed by atoms with Gasteiger partial charge < -0.3 is 30.7 Å². The van der Waals surface area contributed by atoms with E-state index in [-0.39, 0.29) is 17.9 Å². The van der Waals surface area contributed by atoms with Crippen LogP contribution in [-0.2, 0) is 4.79 Å². The van der Waals surface area contributed by atoms with Crippen LogP contribution < -0.4 is 26.1 Å². The van der Waals surface area contributed by atoms with Gasteiger partial charge in [-0.3, -0.25) is 18.8 Å². The maximum Gasteiger partial charge on any atom is 0.322 e. The minimum Gasteiger partial charge on any atom is -0.493 e. The minimum absolute atomic E-state index is 0.111. The second-order valence-electron chi connectivity index (χ2n) is 7.54. The molecule has 12 nitrogen and oxygen atoms in total. The van der Waals surface area contributed by atoms with Gasteiger partial charge in [0.25, 0.3) is 11.5 Å². The van der Waals surface area contributed by atoms with E-state index in [1.807, 2.05) is 39.1 Å². The number of pyridine rings is 2. The number of hydrogen-bond donors (Lipinski definition) is 4. The number of aromatic nitrogens is 3. The van der Waals surface area contributed by atoms with E-state index in [9.17, 15) is 19.5 Å². The number of carbonyl (C=O) groups excluding carboxylic acids is 1. The Morgan fingerprint density at radius 1 is 1.09 bits per heavy atom. The molecule has 0 aromatic carbocycles. The number of hydrogen-bond acceptors (Lipinski definition) is 9. The highest BCUT2D eigenvalue weighted by Crippen LogP contribution is 2.20. The fourth-order valence-corrected chi connectivity index (χ4v) is 2.63. The van der Waals surface area contributed by atoms with Crippen LogP contribution >= 0.6 is 0 Å². The molecule has 5 N–H and O–H groups in total. The van der Waals surface area contributed by atoms with Gasteiger partial charge in [-0.1, -0.05) is 0 Å². The number of nitrogen functional groups attached to an aromatic ring is 1. The molecule has 3 rings (SSSR count). The SMILES string of the molecule is CC(C)Oc1ccc(N)nc1.CC(C)Oc1ccc2nc(=O)c(C(=O)NCC(=O)O)c(O)n2c1. The zero-order chi connectivity index (χ0) is 25.4. The topological polar surface area (TPSA) is 178 Å². The molecule has 0 aliphatic rings. The van der Waals surface area contributed by atoms with Crippen molar-refractivity contribution in [1.29, 1.82) is 0 Å². The number of anilines is 1. The first-order chi connectivity index (χ1) is 16.0. The van der Waals surface area contributed by atoms with E-state index in [0.29, 0.717) is 11.6 Å².